The largest absolute Gasteiger partial charge is 0.481 e. The molecule has 0 radical (unpaired) electrons. The van der Waals surface area contributed by atoms with E-state index in [1.807, 2.05) is 27.7 Å². The van der Waals surface area contributed by atoms with Crippen molar-refractivity contribution in [1.82, 2.24) is 5.32 Å². The lowest BCUT2D eigenvalue weighted by molar-refractivity contribution is -0.139. The average Bonchev–Trinajstić information content (AvgIpc) is 2.60. The zero-order chi connectivity index (χ0) is 25.2. The van der Waals surface area contributed by atoms with Gasteiger partial charge in [0.05, 0.1) is 6.42 Å². The number of rotatable bonds is 16. The molecular formula is C21H38N4O5S2. The van der Waals surface area contributed by atoms with Gasteiger partial charge < -0.3 is 10.8 Å². The summed E-state index contributed by atoms with van der Waals surface area (Å²) in [7, 11) is -1.93. The highest BCUT2D eigenvalue weighted by Gasteiger charge is 2.22. The molecule has 0 spiro atoms. The monoisotopic (exact) mass is 490 g/mol. The zero-order valence-electron chi connectivity index (χ0n) is 19.6. The number of nitrogens with one attached hydrogen (secondary N) is 1. The molecule has 1 amide bonds. The van der Waals surface area contributed by atoms with Gasteiger partial charge in [0.25, 0.3) is 0 Å². The van der Waals surface area contributed by atoms with Gasteiger partial charge >= 0.3 is 5.97 Å². The van der Waals surface area contributed by atoms with Gasteiger partial charge in [-0.2, -0.15) is 10.5 Å². The van der Waals surface area contributed by atoms with Crippen molar-refractivity contribution >= 4 is 33.5 Å². The van der Waals surface area contributed by atoms with E-state index < -0.39 is 27.6 Å². The highest BCUT2D eigenvalue weighted by Crippen LogP contribution is 2.27. The number of carboxylic acids is 1. The van der Waals surface area contributed by atoms with E-state index in [2.05, 4.69) is 11.1 Å². The summed E-state index contributed by atoms with van der Waals surface area (Å²) in [6, 6.07) is 0. The molecule has 4 N–H and O–H groups in total. The molecule has 0 aliphatic carbocycles. The summed E-state index contributed by atoms with van der Waals surface area (Å²) in [5, 5.41) is 26.5. The fraction of sp³-hybridized carbons (Fsp3) is 0.810. The van der Waals surface area contributed by atoms with Crippen LogP contribution in [0.4, 0.5) is 0 Å². The SMILES string of the molecule is CC(C)(CCCS(=O)CCCS(=O)CCCC(C)(C)CC(=O)NC#N)CC(=O)O.N#CN. The van der Waals surface area contributed by atoms with E-state index in [9.17, 15) is 18.0 Å². The van der Waals surface area contributed by atoms with Crippen molar-refractivity contribution in [2.75, 3.05) is 23.0 Å². The van der Waals surface area contributed by atoms with E-state index in [4.69, 9.17) is 15.6 Å². The molecule has 0 heterocycles. The Hall–Kier alpha value is -1.98. The summed E-state index contributed by atoms with van der Waals surface area (Å²) in [5.41, 5.74) is 3.61. The van der Waals surface area contributed by atoms with Crippen molar-refractivity contribution in [3.8, 4) is 12.4 Å². The van der Waals surface area contributed by atoms with Crippen LogP contribution in [0.5, 0.6) is 0 Å². The fourth-order valence-corrected chi connectivity index (χ4v) is 5.59. The first-order chi connectivity index (χ1) is 14.8. The Morgan fingerprint density at radius 3 is 1.62 bits per heavy atom. The number of hydrogen-bond donors (Lipinski definition) is 3. The van der Waals surface area contributed by atoms with E-state index in [1.165, 1.54) is 6.19 Å². The highest BCUT2D eigenvalue weighted by molar-refractivity contribution is 7.85. The third kappa shape index (κ3) is 21.3. The molecule has 32 heavy (non-hydrogen) atoms. The summed E-state index contributed by atoms with van der Waals surface area (Å²) in [4.78, 5) is 22.3. The Bertz CT molecular complexity index is 712. The van der Waals surface area contributed by atoms with Crippen molar-refractivity contribution in [2.45, 2.75) is 72.6 Å². The van der Waals surface area contributed by atoms with Gasteiger partial charge in [-0.25, -0.2) is 0 Å². The third-order valence-corrected chi connectivity index (χ3v) is 7.64. The van der Waals surface area contributed by atoms with E-state index in [1.54, 1.807) is 6.19 Å². The van der Waals surface area contributed by atoms with Gasteiger partial charge in [-0.15, -0.1) is 0 Å². The first-order valence-electron chi connectivity index (χ1n) is 10.5. The van der Waals surface area contributed by atoms with E-state index in [0.717, 1.165) is 25.7 Å². The first kappa shape index (κ1) is 32.2. The van der Waals surface area contributed by atoms with E-state index in [-0.39, 0.29) is 29.6 Å². The Labute approximate surface area is 197 Å². The molecular weight excluding hydrogens is 452 g/mol. The number of carbonyl (C=O) groups is 2. The van der Waals surface area contributed by atoms with Crippen LogP contribution in [0.25, 0.3) is 0 Å². The van der Waals surface area contributed by atoms with Gasteiger partial charge in [0.2, 0.25) is 5.91 Å². The molecule has 2 atom stereocenters. The van der Waals surface area contributed by atoms with Crippen LogP contribution >= 0.6 is 0 Å². The highest BCUT2D eigenvalue weighted by atomic mass is 32.2. The Kier molecular flexibility index (Phi) is 17.7. The van der Waals surface area contributed by atoms with Crippen molar-refractivity contribution in [3.05, 3.63) is 0 Å². The molecule has 9 nitrogen and oxygen atoms in total. The van der Waals surface area contributed by atoms with Crippen molar-refractivity contribution in [3.63, 3.8) is 0 Å². The lowest BCUT2D eigenvalue weighted by Crippen LogP contribution is -2.25. The molecule has 2 unspecified atom stereocenters. The van der Waals surface area contributed by atoms with Gasteiger partial charge in [0.1, 0.15) is 0 Å². The minimum absolute atomic E-state index is 0.110. The number of carboxylic acid groups (broad SMARTS) is 1. The summed E-state index contributed by atoms with van der Waals surface area (Å²) >= 11 is 0. The minimum atomic E-state index is -0.966. The van der Waals surface area contributed by atoms with E-state index in [0.29, 0.717) is 29.4 Å². The van der Waals surface area contributed by atoms with Crippen molar-refractivity contribution in [1.29, 1.82) is 10.5 Å². The second-order valence-corrected chi connectivity index (χ2v) is 12.5. The molecule has 0 aliphatic heterocycles. The molecule has 0 rings (SSSR count). The van der Waals surface area contributed by atoms with Crippen LogP contribution in [0.3, 0.4) is 0 Å². The minimum Gasteiger partial charge on any atom is -0.481 e. The predicted molar refractivity (Wildman–Crippen MR) is 127 cm³/mol. The van der Waals surface area contributed by atoms with Crippen LogP contribution in [0.2, 0.25) is 0 Å². The molecule has 0 saturated heterocycles. The zero-order valence-corrected chi connectivity index (χ0v) is 21.3. The molecule has 11 heteroatoms. The predicted octanol–water partition coefficient (Wildman–Crippen LogP) is 2.37. The first-order valence-corrected chi connectivity index (χ1v) is 13.5. The van der Waals surface area contributed by atoms with Gasteiger partial charge in [0.15, 0.2) is 12.4 Å². The van der Waals surface area contributed by atoms with Crippen molar-refractivity contribution in [2.24, 2.45) is 16.6 Å². The molecule has 0 aliphatic rings. The second kappa shape index (κ2) is 17.6. The average molecular weight is 491 g/mol. The van der Waals surface area contributed by atoms with Crippen LogP contribution in [0.1, 0.15) is 72.6 Å². The molecule has 0 bridgehead atoms. The molecule has 184 valence electrons. The Morgan fingerprint density at radius 2 is 1.25 bits per heavy atom. The maximum absolute atomic E-state index is 12.1. The van der Waals surface area contributed by atoms with Crippen LogP contribution in [-0.2, 0) is 31.2 Å². The number of carbonyl (C=O) groups excluding carboxylic acids is 1. The van der Waals surface area contributed by atoms with Gasteiger partial charge in [-0.3, -0.25) is 23.3 Å². The van der Waals surface area contributed by atoms with Crippen molar-refractivity contribution < 1.29 is 23.1 Å². The van der Waals surface area contributed by atoms with Gasteiger partial charge in [0, 0.05) is 51.0 Å². The fourth-order valence-electron chi connectivity index (χ4n) is 3.14. The quantitative estimate of drug-likeness (QED) is 0.218. The van der Waals surface area contributed by atoms with Crippen LogP contribution in [-0.4, -0.2) is 48.4 Å². The number of nitrogens with two attached hydrogens (primary N) is 1. The number of aliphatic carboxylic acids is 1. The summed E-state index contributed by atoms with van der Waals surface area (Å²) in [5.74, 6) is 1.03. The number of amides is 1. The Balaban J connectivity index is 0. The number of hydrogen-bond acceptors (Lipinski definition) is 7. The Morgan fingerprint density at radius 1 is 0.875 bits per heavy atom. The lowest BCUT2D eigenvalue weighted by Gasteiger charge is -2.22. The van der Waals surface area contributed by atoms with Gasteiger partial charge in [-0.05, 0) is 42.9 Å². The lowest BCUT2D eigenvalue weighted by atomic mass is 9.84. The summed E-state index contributed by atoms with van der Waals surface area (Å²) in [6.45, 7) is 7.72. The molecule has 0 saturated carbocycles. The van der Waals surface area contributed by atoms with E-state index >= 15 is 0 Å². The molecule has 0 aromatic rings. The normalized spacial score (nSPS) is 12.9. The molecule has 0 aromatic heterocycles. The number of nitrogens with zero attached hydrogens (tertiary/aromatic N) is 2. The second-order valence-electron chi connectivity index (χ2n) is 9.12. The maximum atomic E-state index is 12.1. The molecule has 0 aromatic carbocycles. The van der Waals surface area contributed by atoms with Gasteiger partial charge in [-0.1, -0.05) is 27.7 Å². The van der Waals surface area contributed by atoms with Crippen LogP contribution < -0.4 is 11.1 Å². The topological polar surface area (TPSA) is 174 Å². The summed E-state index contributed by atoms with van der Waals surface area (Å²) in [6.07, 6.45) is 6.82. The maximum Gasteiger partial charge on any atom is 0.303 e. The van der Waals surface area contributed by atoms with Crippen LogP contribution in [0.15, 0.2) is 0 Å². The molecule has 0 fully saturated rings. The third-order valence-electron chi connectivity index (χ3n) is 4.66. The summed E-state index contributed by atoms with van der Waals surface area (Å²) < 4.78 is 24.2. The standard InChI is InChI=1S/C20H36N2O5S2.CH2N2/c1-19(2,14-17(23)22-16-21)8-5-10-28(26)12-7-13-29(27)11-6-9-20(3,4)15-18(24)25;2-1-3/h5-15H2,1-4H3,(H,22,23)(H,24,25);2H2. The van der Waals surface area contributed by atoms with Crippen LogP contribution in [0, 0.1) is 33.7 Å². The number of nitriles is 2. The smallest absolute Gasteiger partial charge is 0.303 e.